The number of ether oxygens (including phenoxy) is 1. The van der Waals surface area contributed by atoms with Crippen molar-refractivity contribution < 1.29 is 13.5 Å². The number of anilines is 3. The molecule has 1 aromatic heterocycles. The Morgan fingerprint density at radius 1 is 0.968 bits per heavy atom. The van der Waals surface area contributed by atoms with Crippen molar-refractivity contribution in [3.63, 3.8) is 0 Å². The first-order valence-electron chi connectivity index (χ1n) is 10.1. The Labute approximate surface area is 183 Å². The van der Waals surface area contributed by atoms with Gasteiger partial charge in [0.25, 0.3) is 0 Å². The van der Waals surface area contributed by atoms with E-state index in [1.807, 2.05) is 12.1 Å². The maximum absolute atomic E-state index is 13.5. The smallest absolute Gasteiger partial charge is 0.246 e. The summed E-state index contributed by atoms with van der Waals surface area (Å²) >= 11 is 6.34. The average Bonchev–Trinajstić information content (AvgIpc) is 3.15. The summed E-state index contributed by atoms with van der Waals surface area (Å²) in [7, 11) is 0. The highest BCUT2D eigenvalue weighted by Gasteiger charge is 2.32. The fourth-order valence-corrected chi connectivity index (χ4v) is 4.14. The third kappa shape index (κ3) is 4.48. The Morgan fingerprint density at radius 2 is 1.71 bits per heavy atom. The molecule has 2 aliphatic heterocycles. The van der Waals surface area contributed by atoms with Crippen molar-refractivity contribution in [2.45, 2.75) is 6.04 Å². The maximum atomic E-state index is 13.5. The molecule has 0 atom stereocenters. The van der Waals surface area contributed by atoms with E-state index < -0.39 is 11.6 Å². The molecule has 2 aromatic carbocycles. The van der Waals surface area contributed by atoms with E-state index in [1.54, 1.807) is 6.07 Å². The van der Waals surface area contributed by atoms with Gasteiger partial charge in [0.1, 0.15) is 18.0 Å². The second-order valence-corrected chi connectivity index (χ2v) is 8.11. The van der Waals surface area contributed by atoms with Crippen LogP contribution in [0.3, 0.4) is 0 Å². The molecule has 2 saturated heterocycles. The lowest BCUT2D eigenvalue weighted by molar-refractivity contribution is 0.0105. The Kier molecular flexibility index (Phi) is 5.47. The van der Waals surface area contributed by atoms with E-state index >= 15 is 0 Å². The number of rotatable bonds is 5. The van der Waals surface area contributed by atoms with Gasteiger partial charge in [0.15, 0.2) is 0 Å². The number of hydrogen-bond acceptors (Lipinski definition) is 6. The molecule has 1 N–H and O–H groups in total. The molecule has 0 unspecified atom stereocenters. The summed E-state index contributed by atoms with van der Waals surface area (Å²) in [5.41, 5.74) is 2.01. The molecule has 5 rings (SSSR count). The van der Waals surface area contributed by atoms with Crippen LogP contribution in [0.25, 0.3) is 5.69 Å². The van der Waals surface area contributed by atoms with E-state index in [2.05, 4.69) is 25.2 Å². The van der Waals surface area contributed by atoms with E-state index in [-0.39, 0.29) is 5.69 Å². The molecule has 0 radical (unpaired) electrons. The Balaban J connectivity index is 1.27. The van der Waals surface area contributed by atoms with Gasteiger partial charge < -0.3 is 15.0 Å². The summed E-state index contributed by atoms with van der Waals surface area (Å²) in [6, 6.07) is 9.43. The number of nitrogens with one attached hydrogen (secondary N) is 1. The van der Waals surface area contributed by atoms with E-state index in [0.717, 1.165) is 56.8 Å². The molecular weight excluding hydrogens is 426 g/mol. The van der Waals surface area contributed by atoms with Gasteiger partial charge in [-0.1, -0.05) is 11.6 Å². The molecular formula is C21H21ClF2N6O. The highest BCUT2D eigenvalue weighted by molar-refractivity contribution is 6.31. The van der Waals surface area contributed by atoms with E-state index in [0.29, 0.717) is 17.0 Å². The number of hydrogen-bond donors (Lipinski definition) is 1. The largest absolute Gasteiger partial charge is 0.379 e. The minimum Gasteiger partial charge on any atom is -0.379 e. The number of halogens is 3. The Hall–Kier alpha value is -2.75. The lowest BCUT2D eigenvalue weighted by Crippen LogP contribution is -2.61. The van der Waals surface area contributed by atoms with Gasteiger partial charge in [0.05, 0.1) is 18.9 Å². The van der Waals surface area contributed by atoms with Crippen molar-refractivity contribution >= 4 is 28.9 Å². The summed E-state index contributed by atoms with van der Waals surface area (Å²) in [5, 5.41) is 7.97. The maximum Gasteiger partial charge on any atom is 0.246 e. The normalized spacial score (nSPS) is 17.6. The molecule has 3 aromatic rings. The molecule has 162 valence electrons. The summed E-state index contributed by atoms with van der Waals surface area (Å²) in [4.78, 5) is 8.92. The van der Waals surface area contributed by atoms with E-state index in [9.17, 15) is 8.78 Å². The highest BCUT2D eigenvalue weighted by atomic mass is 35.5. The predicted molar refractivity (Wildman–Crippen MR) is 114 cm³/mol. The molecule has 0 spiro atoms. The van der Waals surface area contributed by atoms with Crippen LogP contribution in [0.4, 0.5) is 26.1 Å². The van der Waals surface area contributed by atoms with Crippen molar-refractivity contribution in [3.8, 4) is 5.69 Å². The van der Waals surface area contributed by atoms with Gasteiger partial charge in [-0.15, -0.1) is 5.10 Å². The standard InChI is InChI=1S/C21H21ClF2N6O/c22-14-5-17(10-18(6-14)29-11-20(12-29)28-1-3-31-4-2-28)26-21-25-13-30(27-21)19-8-15(23)7-16(24)9-19/h5-10,13,20H,1-4,11-12H2,(H,26,27). The molecule has 2 fully saturated rings. The first kappa shape index (κ1) is 20.2. The van der Waals surface area contributed by atoms with Crippen molar-refractivity contribution in [2.75, 3.05) is 49.6 Å². The van der Waals surface area contributed by atoms with Gasteiger partial charge in [-0.05, 0) is 30.3 Å². The Bertz CT molecular complexity index is 1060. The molecule has 10 heteroatoms. The van der Waals surface area contributed by atoms with Crippen molar-refractivity contribution in [2.24, 2.45) is 0 Å². The summed E-state index contributed by atoms with van der Waals surface area (Å²) < 4.78 is 33.7. The number of morpholine rings is 1. The van der Waals surface area contributed by atoms with Crippen LogP contribution < -0.4 is 10.2 Å². The van der Waals surface area contributed by atoms with Crippen molar-refractivity contribution in [3.05, 3.63) is 59.4 Å². The zero-order valence-corrected chi connectivity index (χ0v) is 17.4. The van der Waals surface area contributed by atoms with Crippen LogP contribution in [0, 0.1) is 11.6 Å². The molecule has 2 aliphatic rings. The minimum atomic E-state index is -0.676. The zero-order valence-electron chi connectivity index (χ0n) is 16.6. The topological polar surface area (TPSA) is 58.5 Å². The third-order valence-corrected chi connectivity index (χ3v) is 5.75. The second-order valence-electron chi connectivity index (χ2n) is 7.67. The monoisotopic (exact) mass is 446 g/mol. The van der Waals surface area contributed by atoms with E-state index in [1.165, 1.54) is 23.1 Å². The molecule has 0 aliphatic carbocycles. The average molecular weight is 447 g/mol. The van der Waals surface area contributed by atoms with Crippen molar-refractivity contribution in [1.29, 1.82) is 0 Å². The first-order chi connectivity index (χ1) is 15.0. The van der Waals surface area contributed by atoms with Gasteiger partial charge in [-0.25, -0.2) is 13.5 Å². The number of aromatic nitrogens is 3. The SMILES string of the molecule is Fc1cc(F)cc(-n2cnc(Nc3cc(Cl)cc(N4CC(N5CCOCC5)C4)c3)n2)c1. The fraction of sp³-hybridized carbons (Fsp3) is 0.333. The van der Waals surface area contributed by atoms with Crippen LogP contribution in [-0.2, 0) is 4.74 Å². The highest BCUT2D eigenvalue weighted by Crippen LogP contribution is 2.31. The van der Waals surface area contributed by atoms with Gasteiger partial charge in [-0.3, -0.25) is 4.90 Å². The number of nitrogens with zero attached hydrogens (tertiary/aromatic N) is 5. The van der Waals surface area contributed by atoms with Crippen LogP contribution in [-0.4, -0.2) is 65.1 Å². The van der Waals surface area contributed by atoms with Gasteiger partial charge >= 0.3 is 0 Å². The molecule has 7 nitrogen and oxygen atoms in total. The van der Waals surface area contributed by atoms with Crippen LogP contribution in [0.5, 0.6) is 0 Å². The number of benzene rings is 2. The molecule has 0 amide bonds. The van der Waals surface area contributed by atoms with Crippen LogP contribution in [0.1, 0.15) is 0 Å². The molecule has 31 heavy (non-hydrogen) atoms. The summed E-state index contributed by atoms with van der Waals surface area (Å²) in [6.45, 7) is 5.43. The summed E-state index contributed by atoms with van der Waals surface area (Å²) in [6.07, 6.45) is 1.39. The van der Waals surface area contributed by atoms with Gasteiger partial charge in [-0.2, -0.15) is 4.98 Å². The van der Waals surface area contributed by atoms with Crippen LogP contribution >= 0.6 is 11.6 Å². The van der Waals surface area contributed by atoms with Gasteiger partial charge in [0, 0.05) is 54.7 Å². The third-order valence-electron chi connectivity index (χ3n) is 5.53. The van der Waals surface area contributed by atoms with Crippen LogP contribution in [0.15, 0.2) is 42.7 Å². The van der Waals surface area contributed by atoms with Crippen LogP contribution in [0.2, 0.25) is 5.02 Å². The fourth-order valence-electron chi connectivity index (χ4n) is 3.91. The van der Waals surface area contributed by atoms with E-state index in [4.69, 9.17) is 16.3 Å². The quantitative estimate of drug-likeness (QED) is 0.647. The second kappa shape index (κ2) is 8.41. The molecule has 0 saturated carbocycles. The minimum absolute atomic E-state index is 0.250. The predicted octanol–water partition coefficient (Wildman–Crippen LogP) is 3.46. The summed E-state index contributed by atoms with van der Waals surface area (Å²) in [5.74, 6) is -1.05. The molecule has 3 heterocycles. The first-order valence-corrected chi connectivity index (χ1v) is 10.4. The lowest BCUT2D eigenvalue weighted by Gasteiger charge is -2.47. The Morgan fingerprint density at radius 3 is 2.45 bits per heavy atom. The van der Waals surface area contributed by atoms with Crippen molar-refractivity contribution in [1.82, 2.24) is 19.7 Å². The van der Waals surface area contributed by atoms with Gasteiger partial charge in [0.2, 0.25) is 5.95 Å². The zero-order chi connectivity index (χ0) is 21.4. The lowest BCUT2D eigenvalue weighted by atomic mass is 10.0. The molecule has 0 bridgehead atoms.